The number of likely N-dealkylation sites (tertiary alicyclic amines) is 1. The van der Waals surface area contributed by atoms with Gasteiger partial charge in [-0.2, -0.15) is 15.2 Å². The second-order valence-corrected chi connectivity index (χ2v) is 11.6. The van der Waals surface area contributed by atoms with Crippen LogP contribution in [0.15, 0.2) is 36.9 Å². The number of amides is 1. The van der Waals surface area contributed by atoms with Crippen LogP contribution in [-0.2, 0) is 24.1 Å². The average molecular weight is 543 g/mol. The number of nitrogens with zero attached hydrogens (tertiary/aromatic N) is 6. The molecule has 1 unspecified atom stereocenters. The number of piperazine rings is 1. The Morgan fingerprint density at radius 2 is 2.08 bits per heavy atom. The van der Waals surface area contributed by atoms with Crippen molar-refractivity contribution in [2.75, 3.05) is 44.7 Å². The maximum Gasteiger partial charge on any atom is 0.318 e. The topological polar surface area (TPSA) is 94.8 Å². The molecule has 9 heteroatoms. The number of carbonyl (C=O) groups excluding carboxylic acids is 1. The van der Waals surface area contributed by atoms with Gasteiger partial charge in [0.25, 0.3) is 0 Å². The number of hydrogen-bond acceptors (Lipinski definition) is 8. The van der Waals surface area contributed by atoms with Crippen molar-refractivity contribution in [3.05, 3.63) is 53.7 Å². The van der Waals surface area contributed by atoms with Gasteiger partial charge in [0.1, 0.15) is 23.8 Å². The lowest BCUT2D eigenvalue weighted by molar-refractivity contribution is -0.128. The van der Waals surface area contributed by atoms with E-state index in [0.29, 0.717) is 44.7 Å². The SMILES string of the molecule is C=CC(=O)N1CCN(c2nc(OC[C@@H]3CCCN3C)nc3c2CCC2(CCc4ccccc4O2)C3)C[C@@H]1CC#N. The Balaban J connectivity index is 1.30. The molecule has 0 N–H and O–H groups in total. The number of carbonyl (C=O) groups is 1. The number of nitriles is 1. The summed E-state index contributed by atoms with van der Waals surface area (Å²) >= 11 is 0. The lowest BCUT2D eigenvalue weighted by atomic mass is 9.77. The number of para-hydroxylation sites is 1. The normalized spacial score (nSPS) is 26.0. The van der Waals surface area contributed by atoms with Gasteiger partial charge in [-0.1, -0.05) is 24.8 Å². The summed E-state index contributed by atoms with van der Waals surface area (Å²) in [7, 11) is 2.14. The lowest BCUT2D eigenvalue weighted by Gasteiger charge is -2.44. The summed E-state index contributed by atoms with van der Waals surface area (Å²) in [4.78, 5) is 28.8. The van der Waals surface area contributed by atoms with Gasteiger partial charge in [0.05, 0.1) is 24.2 Å². The Labute approximate surface area is 236 Å². The van der Waals surface area contributed by atoms with Gasteiger partial charge in [0.2, 0.25) is 5.91 Å². The van der Waals surface area contributed by atoms with E-state index in [-0.39, 0.29) is 24.0 Å². The standard InChI is InChI=1S/C31H38N6O3/c1-3-28(38)37-18-17-36(20-23(37)12-15-32)29-25-11-14-31(13-10-22-7-4-5-9-27(22)40-31)19-26(25)33-30(34-29)39-21-24-8-6-16-35(24)2/h3-5,7,9,23-24H,1,6,8,10-14,16-21H2,2H3/t23-,24-,31?/m0/s1. The molecule has 0 saturated carbocycles. The zero-order chi connectivity index (χ0) is 27.7. The van der Waals surface area contributed by atoms with Crippen molar-refractivity contribution >= 4 is 11.7 Å². The molecule has 40 heavy (non-hydrogen) atoms. The summed E-state index contributed by atoms with van der Waals surface area (Å²) in [6.45, 7) is 6.98. The highest BCUT2D eigenvalue weighted by Gasteiger charge is 2.42. The number of fused-ring (bicyclic) bond motifs is 2. The molecule has 210 valence electrons. The molecule has 6 rings (SSSR count). The van der Waals surface area contributed by atoms with E-state index in [1.165, 1.54) is 18.1 Å². The van der Waals surface area contributed by atoms with Gasteiger partial charge in [0.15, 0.2) is 0 Å². The maximum atomic E-state index is 12.5. The third kappa shape index (κ3) is 5.13. The fourth-order valence-electron chi connectivity index (χ4n) is 6.82. The fourth-order valence-corrected chi connectivity index (χ4v) is 6.82. The van der Waals surface area contributed by atoms with E-state index < -0.39 is 0 Å². The minimum absolute atomic E-state index is 0.133. The van der Waals surface area contributed by atoms with Gasteiger partial charge in [0, 0.05) is 37.7 Å². The average Bonchev–Trinajstić information content (AvgIpc) is 3.39. The number of ether oxygens (including phenoxy) is 2. The van der Waals surface area contributed by atoms with Gasteiger partial charge in [-0.3, -0.25) is 4.79 Å². The second kappa shape index (κ2) is 11.1. The van der Waals surface area contributed by atoms with Crippen molar-refractivity contribution in [3.63, 3.8) is 0 Å². The predicted molar refractivity (Wildman–Crippen MR) is 151 cm³/mol. The van der Waals surface area contributed by atoms with Crippen LogP contribution in [-0.4, -0.2) is 83.2 Å². The van der Waals surface area contributed by atoms with Crippen LogP contribution in [0.1, 0.15) is 48.9 Å². The van der Waals surface area contributed by atoms with Crippen molar-refractivity contribution in [2.45, 2.75) is 69.1 Å². The van der Waals surface area contributed by atoms with Crippen LogP contribution in [0.3, 0.4) is 0 Å². The molecule has 4 aliphatic rings. The van der Waals surface area contributed by atoms with E-state index in [1.54, 1.807) is 4.90 Å². The van der Waals surface area contributed by atoms with Gasteiger partial charge in [-0.05, 0) is 69.8 Å². The molecule has 3 aliphatic heterocycles. The van der Waals surface area contributed by atoms with Crippen molar-refractivity contribution in [1.29, 1.82) is 5.26 Å². The minimum atomic E-state index is -0.283. The summed E-state index contributed by atoms with van der Waals surface area (Å²) in [6, 6.07) is 11.1. The van der Waals surface area contributed by atoms with Crippen LogP contribution < -0.4 is 14.4 Å². The molecule has 4 heterocycles. The summed E-state index contributed by atoms with van der Waals surface area (Å²) in [5.74, 6) is 1.72. The first-order valence-electron chi connectivity index (χ1n) is 14.5. The molecule has 1 aromatic heterocycles. The number of hydrogen-bond donors (Lipinski definition) is 0. The summed E-state index contributed by atoms with van der Waals surface area (Å²) in [6.07, 6.45) is 8.26. The zero-order valence-electron chi connectivity index (χ0n) is 23.3. The molecule has 1 amide bonds. The van der Waals surface area contributed by atoms with E-state index in [1.807, 2.05) is 6.07 Å². The Bertz CT molecular complexity index is 1320. The van der Waals surface area contributed by atoms with Gasteiger partial charge in [-0.25, -0.2) is 0 Å². The van der Waals surface area contributed by atoms with E-state index >= 15 is 0 Å². The van der Waals surface area contributed by atoms with Crippen LogP contribution in [0.2, 0.25) is 0 Å². The highest BCUT2D eigenvalue weighted by molar-refractivity contribution is 5.87. The van der Waals surface area contributed by atoms with E-state index in [4.69, 9.17) is 19.4 Å². The molecular formula is C31H38N6O3. The first-order chi connectivity index (χ1) is 19.5. The largest absolute Gasteiger partial charge is 0.487 e. The molecule has 1 aliphatic carbocycles. The van der Waals surface area contributed by atoms with Crippen LogP contribution in [0, 0.1) is 11.3 Å². The van der Waals surface area contributed by atoms with Crippen molar-refractivity contribution in [3.8, 4) is 17.8 Å². The number of benzene rings is 1. The van der Waals surface area contributed by atoms with Gasteiger partial charge < -0.3 is 24.2 Å². The predicted octanol–water partition coefficient (Wildman–Crippen LogP) is 3.32. The first kappa shape index (κ1) is 26.6. The third-order valence-corrected chi connectivity index (χ3v) is 9.16. The molecule has 0 bridgehead atoms. The van der Waals surface area contributed by atoms with E-state index in [2.05, 4.69) is 47.7 Å². The second-order valence-electron chi connectivity index (χ2n) is 11.6. The van der Waals surface area contributed by atoms with Crippen LogP contribution in [0.4, 0.5) is 5.82 Å². The lowest BCUT2D eigenvalue weighted by Crippen LogP contribution is -2.55. The molecule has 9 nitrogen and oxygen atoms in total. The van der Waals surface area contributed by atoms with E-state index in [0.717, 1.165) is 61.5 Å². The molecular weight excluding hydrogens is 504 g/mol. The van der Waals surface area contributed by atoms with Crippen molar-refractivity contribution in [2.24, 2.45) is 0 Å². The van der Waals surface area contributed by atoms with Gasteiger partial charge in [-0.15, -0.1) is 0 Å². The zero-order valence-corrected chi connectivity index (χ0v) is 23.3. The van der Waals surface area contributed by atoms with Gasteiger partial charge >= 0.3 is 6.01 Å². The number of anilines is 1. The number of aromatic nitrogens is 2. The fraction of sp³-hybridized carbons (Fsp3) is 0.548. The van der Waals surface area contributed by atoms with Crippen LogP contribution in [0.5, 0.6) is 11.8 Å². The third-order valence-electron chi connectivity index (χ3n) is 9.16. The number of aryl methyl sites for hydroxylation is 1. The quantitative estimate of drug-likeness (QED) is 0.513. The Hall–Kier alpha value is -3.64. The molecule has 2 saturated heterocycles. The molecule has 2 aromatic rings. The summed E-state index contributed by atoms with van der Waals surface area (Å²) < 4.78 is 13.0. The highest BCUT2D eigenvalue weighted by atomic mass is 16.5. The Kier molecular flexibility index (Phi) is 7.37. The van der Waals surface area contributed by atoms with E-state index in [9.17, 15) is 10.1 Å². The maximum absolute atomic E-state index is 12.5. The molecule has 1 aromatic carbocycles. The summed E-state index contributed by atoms with van der Waals surface area (Å²) in [5.41, 5.74) is 3.11. The van der Waals surface area contributed by atoms with Crippen molar-refractivity contribution in [1.82, 2.24) is 19.8 Å². The Morgan fingerprint density at radius 1 is 1.23 bits per heavy atom. The smallest absolute Gasteiger partial charge is 0.318 e. The molecule has 3 atom stereocenters. The molecule has 2 fully saturated rings. The van der Waals surface area contributed by atoms with Crippen molar-refractivity contribution < 1.29 is 14.3 Å². The number of likely N-dealkylation sites (N-methyl/N-ethyl adjacent to an activating group) is 1. The minimum Gasteiger partial charge on any atom is -0.487 e. The monoisotopic (exact) mass is 542 g/mol. The highest BCUT2D eigenvalue weighted by Crippen LogP contribution is 2.43. The molecule has 0 radical (unpaired) electrons. The number of rotatable bonds is 6. The van der Waals surface area contributed by atoms with Crippen LogP contribution in [0.25, 0.3) is 0 Å². The first-order valence-corrected chi connectivity index (χ1v) is 14.5. The summed E-state index contributed by atoms with van der Waals surface area (Å²) in [5, 5.41) is 9.49. The van der Waals surface area contributed by atoms with Crippen LogP contribution >= 0.6 is 0 Å². The Morgan fingerprint density at radius 3 is 2.88 bits per heavy atom. The molecule has 1 spiro atoms.